The van der Waals surface area contributed by atoms with Gasteiger partial charge in [-0.2, -0.15) is 0 Å². The summed E-state index contributed by atoms with van der Waals surface area (Å²) >= 11 is 0. The molecule has 1 fully saturated rings. The molecule has 1 aromatic rings. The number of hydrogen-bond acceptors (Lipinski definition) is 4. The quantitative estimate of drug-likeness (QED) is 0.877. The predicted octanol–water partition coefficient (Wildman–Crippen LogP) is 2.62. The highest BCUT2D eigenvalue weighted by atomic mass is 16.6. The van der Waals surface area contributed by atoms with Crippen LogP contribution in [0.4, 0.5) is 4.79 Å². The summed E-state index contributed by atoms with van der Waals surface area (Å²) in [6, 6.07) is 9.94. The minimum absolute atomic E-state index is 0.0438. The Labute approximate surface area is 131 Å². The van der Waals surface area contributed by atoms with Crippen LogP contribution >= 0.6 is 0 Å². The first-order valence-corrected chi connectivity index (χ1v) is 7.59. The summed E-state index contributed by atoms with van der Waals surface area (Å²) < 4.78 is 11.0. The second-order valence-corrected chi connectivity index (χ2v) is 6.89. The van der Waals surface area contributed by atoms with Crippen LogP contribution in [0.15, 0.2) is 30.3 Å². The highest BCUT2D eigenvalue weighted by molar-refractivity contribution is 5.69. The first kappa shape index (κ1) is 16.8. The number of alkyl carbamates (subject to hydrolysis) is 1. The van der Waals surface area contributed by atoms with Crippen LogP contribution in [0.3, 0.4) is 0 Å². The monoisotopic (exact) mass is 307 g/mol. The van der Waals surface area contributed by atoms with Crippen molar-refractivity contribution in [1.82, 2.24) is 5.32 Å². The molecule has 5 nitrogen and oxygen atoms in total. The molecule has 0 atom stereocenters. The number of amides is 1. The number of aliphatic hydroxyl groups excluding tert-OH is 1. The van der Waals surface area contributed by atoms with Crippen LogP contribution in [0.1, 0.15) is 39.2 Å². The minimum Gasteiger partial charge on any atom is -0.444 e. The first-order valence-electron chi connectivity index (χ1n) is 7.59. The van der Waals surface area contributed by atoms with Gasteiger partial charge in [-0.15, -0.1) is 0 Å². The molecule has 1 amide bonds. The number of nitrogens with one attached hydrogen (secondary N) is 1. The van der Waals surface area contributed by atoms with Crippen molar-refractivity contribution in [1.29, 1.82) is 0 Å². The third-order valence-corrected chi connectivity index (χ3v) is 3.63. The lowest BCUT2D eigenvalue weighted by molar-refractivity contribution is -0.0808. The molecule has 1 aromatic carbocycles. The van der Waals surface area contributed by atoms with Gasteiger partial charge in [0.25, 0.3) is 0 Å². The maximum Gasteiger partial charge on any atom is 0.408 e. The Morgan fingerprint density at radius 2 is 1.95 bits per heavy atom. The van der Waals surface area contributed by atoms with Gasteiger partial charge < -0.3 is 19.9 Å². The van der Waals surface area contributed by atoms with Crippen LogP contribution in [0.25, 0.3) is 0 Å². The molecule has 1 aliphatic carbocycles. The maximum atomic E-state index is 11.8. The van der Waals surface area contributed by atoms with Gasteiger partial charge in [-0.05, 0) is 39.2 Å². The van der Waals surface area contributed by atoms with Gasteiger partial charge in [-0.3, -0.25) is 0 Å². The largest absolute Gasteiger partial charge is 0.444 e. The number of carbonyl (C=O) groups excluding carboxylic acids is 1. The highest BCUT2D eigenvalue weighted by Crippen LogP contribution is 2.35. The van der Waals surface area contributed by atoms with Gasteiger partial charge in [-0.25, -0.2) is 4.79 Å². The molecule has 0 spiro atoms. The van der Waals surface area contributed by atoms with Gasteiger partial charge >= 0.3 is 6.09 Å². The van der Waals surface area contributed by atoms with E-state index in [2.05, 4.69) is 5.32 Å². The molecule has 1 saturated carbocycles. The Balaban J connectivity index is 1.77. The highest BCUT2D eigenvalue weighted by Gasteiger charge is 2.46. The van der Waals surface area contributed by atoms with E-state index in [0.29, 0.717) is 19.4 Å². The molecule has 122 valence electrons. The summed E-state index contributed by atoms with van der Waals surface area (Å²) in [6.45, 7) is 5.86. The lowest BCUT2D eigenvalue weighted by Gasteiger charge is -2.46. The van der Waals surface area contributed by atoms with Crippen molar-refractivity contribution in [2.45, 2.75) is 57.5 Å². The molecule has 22 heavy (non-hydrogen) atoms. The van der Waals surface area contributed by atoms with Gasteiger partial charge in [0, 0.05) is 0 Å². The molecule has 2 N–H and O–H groups in total. The van der Waals surface area contributed by atoms with E-state index in [1.807, 2.05) is 51.1 Å². The van der Waals surface area contributed by atoms with Crippen LogP contribution < -0.4 is 5.32 Å². The Morgan fingerprint density at radius 1 is 1.32 bits per heavy atom. The van der Waals surface area contributed by atoms with E-state index < -0.39 is 17.2 Å². The summed E-state index contributed by atoms with van der Waals surface area (Å²) in [7, 11) is 0. The predicted molar refractivity (Wildman–Crippen MR) is 83.4 cm³/mol. The molecule has 0 saturated heterocycles. The number of rotatable bonds is 5. The van der Waals surface area contributed by atoms with Crippen LogP contribution in [0.2, 0.25) is 0 Å². The van der Waals surface area contributed by atoms with Gasteiger partial charge in [0.2, 0.25) is 0 Å². The molecule has 0 bridgehead atoms. The lowest BCUT2D eigenvalue weighted by Crippen LogP contribution is -2.62. The van der Waals surface area contributed by atoms with Crippen LogP contribution in [0.5, 0.6) is 0 Å². The maximum absolute atomic E-state index is 11.8. The third kappa shape index (κ3) is 4.71. The number of carbonyl (C=O) groups is 1. The summed E-state index contributed by atoms with van der Waals surface area (Å²) in [5.41, 5.74) is -0.0544. The molecular weight excluding hydrogens is 282 g/mol. The molecule has 0 radical (unpaired) electrons. The van der Waals surface area contributed by atoms with Crippen LogP contribution in [0, 0.1) is 0 Å². The Hall–Kier alpha value is -1.59. The van der Waals surface area contributed by atoms with Gasteiger partial charge in [0.15, 0.2) is 0 Å². The van der Waals surface area contributed by atoms with Crippen LogP contribution in [-0.2, 0) is 16.1 Å². The molecule has 2 rings (SSSR count). The third-order valence-electron chi connectivity index (χ3n) is 3.63. The number of ether oxygens (including phenoxy) is 2. The van der Waals surface area contributed by atoms with Crippen molar-refractivity contribution in [3.05, 3.63) is 35.9 Å². The topological polar surface area (TPSA) is 67.8 Å². The summed E-state index contributed by atoms with van der Waals surface area (Å²) in [6.07, 6.45) is 0.732. The molecule has 1 aliphatic rings. The van der Waals surface area contributed by atoms with E-state index in [9.17, 15) is 9.90 Å². The van der Waals surface area contributed by atoms with Crippen molar-refractivity contribution >= 4 is 6.09 Å². The molecule has 0 unspecified atom stereocenters. The van der Waals surface area contributed by atoms with Crippen molar-refractivity contribution < 1.29 is 19.4 Å². The number of hydrogen-bond donors (Lipinski definition) is 2. The fraction of sp³-hybridized carbons (Fsp3) is 0.588. The van der Waals surface area contributed by atoms with Crippen LogP contribution in [-0.4, -0.2) is 35.1 Å². The van der Waals surface area contributed by atoms with Crippen molar-refractivity contribution in [2.75, 3.05) is 6.61 Å². The average molecular weight is 307 g/mol. The Bertz CT molecular complexity index is 489. The first-order chi connectivity index (χ1) is 10.3. The normalized spacial score (nSPS) is 24.5. The zero-order valence-corrected chi connectivity index (χ0v) is 13.5. The van der Waals surface area contributed by atoms with E-state index in [-0.39, 0.29) is 12.7 Å². The van der Waals surface area contributed by atoms with Crippen molar-refractivity contribution in [3.8, 4) is 0 Å². The minimum atomic E-state index is -0.621. The van der Waals surface area contributed by atoms with E-state index in [1.165, 1.54) is 0 Å². The lowest BCUT2D eigenvalue weighted by atomic mass is 9.75. The van der Waals surface area contributed by atoms with E-state index in [0.717, 1.165) is 5.56 Å². The fourth-order valence-electron chi connectivity index (χ4n) is 2.51. The smallest absolute Gasteiger partial charge is 0.408 e. The molecule has 0 heterocycles. The summed E-state index contributed by atoms with van der Waals surface area (Å²) in [5.74, 6) is 0. The summed E-state index contributed by atoms with van der Waals surface area (Å²) in [4.78, 5) is 11.8. The van der Waals surface area contributed by atoms with E-state index in [4.69, 9.17) is 9.47 Å². The van der Waals surface area contributed by atoms with E-state index in [1.54, 1.807) is 0 Å². The molecule has 0 aromatic heterocycles. The zero-order chi connectivity index (χ0) is 16.2. The fourth-order valence-corrected chi connectivity index (χ4v) is 2.51. The second kappa shape index (κ2) is 6.67. The standard InChI is InChI=1S/C17H25NO4/c1-16(2,3)22-15(20)18-17(12-19)9-14(10-17)21-11-13-7-5-4-6-8-13/h4-8,14,19H,9-12H2,1-3H3,(H,18,20). The Morgan fingerprint density at radius 3 is 2.50 bits per heavy atom. The SMILES string of the molecule is CC(C)(C)OC(=O)NC1(CO)CC(OCc2ccccc2)C1. The van der Waals surface area contributed by atoms with Gasteiger partial charge in [0.1, 0.15) is 5.60 Å². The van der Waals surface area contributed by atoms with Crippen molar-refractivity contribution in [3.63, 3.8) is 0 Å². The number of aliphatic hydroxyl groups is 1. The van der Waals surface area contributed by atoms with E-state index >= 15 is 0 Å². The molecule has 5 heteroatoms. The van der Waals surface area contributed by atoms with Gasteiger partial charge in [-0.1, -0.05) is 30.3 Å². The van der Waals surface area contributed by atoms with Gasteiger partial charge in [0.05, 0.1) is 24.9 Å². The average Bonchev–Trinajstić information content (AvgIpc) is 2.40. The Kier molecular flexibility index (Phi) is 5.08. The second-order valence-electron chi connectivity index (χ2n) is 6.89. The van der Waals surface area contributed by atoms with Crippen molar-refractivity contribution in [2.24, 2.45) is 0 Å². The number of benzene rings is 1. The molecular formula is C17H25NO4. The zero-order valence-electron chi connectivity index (χ0n) is 13.5. The molecule has 0 aliphatic heterocycles. The summed E-state index contributed by atoms with van der Waals surface area (Å²) in [5, 5.41) is 12.3.